The molecular formula is C11H17ClN2O3. The van der Waals surface area contributed by atoms with E-state index in [1.165, 1.54) is 0 Å². The van der Waals surface area contributed by atoms with Crippen molar-refractivity contribution in [3.63, 3.8) is 0 Å². The number of ether oxygens (including phenoxy) is 1. The van der Waals surface area contributed by atoms with Crippen LogP contribution in [-0.2, 0) is 14.4 Å². The first-order valence-corrected chi connectivity index (χ1v) is 6.45. The number of rotatable bonds is 3. The predicted octanol–water partition coefficient (Wildman–Crippen LogP) is 1.70. The lowest BCUT2D eigenvalue weighted by atomic mass is 10.2. The predicted molar refractivity (Wildman–Crippen MR) is 63.8 cm³/mol. The Morgan fingerprint density at radius 1 is 1.29 bits per heavy atom. The summed E-state index contributed by atoms with van der Waals surface area (Å²) in [4.78, 5) is 18.6. The van der Waals surface area contributed by atoms with Crippen LogP contribution in [0.15, 0.2) is 5.16 Å². The fourth-order valence-electron chi connectivity index (χ4n) is 1.99. The van der Waals surface area contributed by atoms with Gasteiger partial charge in [0.2, 0.25) is 11.5 Å². The van der Waals surface area contributed by atoms with Crippen LogP contribution in [0.4, 0.5) is 0 Å². The molecule has 17 heavy (non-hydrogen) atoms. The summed E-state index contributed by atoms with van der Waals surface area (Å²) in [5, 5.41) is 3.55. The third-order valence-electron chi connectivity index (χ3n) is 2.96. The van der Waals surface area contributed by atoms with E-state index in [0.717, 1.165) is 45.2 Å². The lowest BCUT2D eigenvalue weighted by molar-refractivity contribution is -0.162. The zero-order valence-electron chi connectivity index (χ0n) is 9.73. The molecule has 0 radical (unpaired) electrons. The molecule has 0 N–H and O–H groups in total. The second-order valence-electron chi connectivity index (χ2n) is 4.28. The Hall–Kier alpha value is -0.810. The lowest BCUT2D eigenvalue weighted by Crippen LogP contribution is -2.32. The monoisotopic (exact) mass is 260 g/mol. The van der Waals surface area contributed by atoms with Crippen molar-refractivity contribution in [1.82, 2.24) is 4.90 Å². The highest BCUT2D eigenvalue weighted by Crippen LogP contribution is 2.15. The molecule has 6 heteroatoms. The highest BCUT2D eigenvalue weighted by molar-refractivity contribution is 6.82. The van der Waals surface area contributed by atoms with E-state index < -0.39 is 0 Å². The molecule has 2 saturated heterocycles. The number of oxime groups is 1. The Kier molecular flexibility index (Phi) is 4.62. The van der Waals surface area contributed by atoms with Crippen molar-refractivity contribution in [2.24, 2.45) is 5.16 Å². The zero-order chi connectivity index (χ0) is 12.1. The van der Waals surface area contributed by atoms with E-state index in [9.17, 15) is 4.79 Å². The molecular weight excluding hydrogens is 244 g/mol. The van der Waals surface area contributed by atoms with Crippen molar-refractivity contribution in [1.29, 1.82) is 0 Å². The number of likely N-dealkylation sites (tertiary alicyclic amines) is 1. The van der Waals surface area contributed by atoms with Gasteiger partial charge in [-0.15, -0.1) is 0 Å². The standard InChI is InChI=1S/C11H17ClN2O3/c12-10(11(15)14-6-2-3-7-14)13-17-9-5-1-4-8-16-9/h9H,1-8H2/b13-10-. The normalized spacial score (nSPS) is 26.1. The van der Waals surface area contributed by atoms with Gasteiger partial charge in [-0.2, -0.15) is 0 Å². The van der Waals surface area contributed by atoms with E-state index >= 15 is 0 Å². The van der Waals surface area contributed by atoms with Crippen molar-refractivity contribution in [3.8, 4) is 0 Å². The number of hydrogen-bond acceptors (Lipinski definition) is 4. The van der Waals surface area contributed by atoms with E-state index in [2.05, 4.69) is 5.16 Å². The Morgan fingerprint density at radius 2 is 2.06 bits per heavy atom. The van der Waals surface area contributed by atoms with Gasteiger partial charge >= 0.3 is 0 Å². The largest absolute Gasteiger partial charge is 0.362 e. The van der Waals surface area contributed by atoms with Gasteiger partial charge < -0.3 is 14.5 Å². The van der Waals surface area contributed by atoms with E-state index in [1.54, 1.807) is 4.90 Å². The van der Waals surface area contributed by atoms with Crippen LogP contribution in [0.1, 0.15) is 32.1 Å². The molecule has 5 nitrogen and oxygen atoms in total. The third kappa shape index (κ3) is 3.57. The SMILES string of the molecule is O=C(/C(Cl)=N/OC1CCCCO1)N1CCCC1. The molecule has 0 spiro atoms. The first-order chi connectivity index (χ1) is 8.27. The minimum absolute atomic E-state index is 0.110. The summed E-state index contributed by atoms with van der Waals surface area (Å²) in [7, 11) is 0. The first kappa shape index (κ1) is 12.6. The van der Waals surface area contributed by atoms with Gasteiger partial charge in [-0.3, -0.25) is 4.79 Å². The van der Waals surface area contributed by atoms with Gasteiger partial charge in [0.15, 0.2) is 0 Å². The summed E-state index contributed by atoms with van der Waals surface area (Å²) in [6, 6.07) is 0. The van der Waals surface area contributed by atoms with E-state index in [-0.39, 0.29) is 17.4 Å². The van der Waals surface area contributed by atoms with Gasteiger partial charge in [0, 0.05) is 19.5 Å². The molecule has 2 aliphatic rings. The molecule has 1 unspecified atom stereocenters. The second-order valence-corrected chi connectivity index (χ2v) is 4.64. The van der Waals surface area contributed by atoms with Gasteiger partial charge in [-0.25, -0.2) is 0 Å². The molecule has 2 heterocycles. The van der Waals surface area contributed by atoms with Crippen molar-refractivity contribution in [2.45, 2.75) is 38.4 Å². The Balaban J connectivity index is 1.80. The summed E-state index contributed by atoms with van der Waals surface area (Å²) < 4.78 is 5.32. The molecule has 2 rings (SSSR count). The lowest BCUT2D eigenvalue weighted by Gasteiger charge is -2.20. The fraction of sp³-hybridized carbons (Fsp3) is 0.818. The van der Waals surface area contributed by atoms with Gasteiger partial charge in [0.25, 0.3) is 5.91 Å². The first-order valence-electron chi connectivity index (χ1n) is 6.07. The quantitative estimate of drug-likeness (QED) is 0.573. The summed E-state index contributed by atoms with van der Waals surface area (Å²) >= 11 is 5.81. The number of halogens is 1. The van der Waals surface area contributed by atoms with Crippen LogP contribution in [0.25, 0.3) is 0 Å². The molecule has 0 saturated carbocycles. The van der Waals surface area contributed by atoms with Crippen LogP contribution < -0.4 is 0 Å². The molecule has 1 amide bonds. The Morgan fingerprint density at radius 3 is 2.71 bits per heavy atom. The number of carbonyl (C=O) groups excluding carboxylic acids is 1. The van der Waals surface area contributed by atoms with E-state index in [4.69, 9.17) is 21.2 Å². The van der Waals surface area contributed by atoms with Gasteiger partial charge in [0.1, 0.15) is 0 Å². The Labute approximate surface area is 106 Å². The summed E-state index contributed by atoms with van der Waals surface area (Å²) in [5.41, 5.74) is 0. The average Bonchev–Trinajstić information content (AvgIpc) is 2.90. The maximum atomic E-state index is 11.8. The van der Waals surface area contributed by atoms with Crippen LogP contribution in [-0.4, -0.2) is 42.0 Å². The fourth-order valence-corrected chi connectivity index (χ4v) is 2.15. The molecule has 0 aromatic rings. The summed E-state index contributed by atoms with van der Waals surface area (Å²) in [5.74, 6) is -0.250. The zero-order valence-corrected chi connectivity index (χ0v) is 10.5. The number of hydrogen-bond donors (Lipinski definition) is 0. The van der Waals surface area contributed by atoms with Crippen molar-refractivity contribution in [3.05, 3.63) is 0 Å². The van der Waals surface area contributed by atoms with Crippen molar-refractivity contribution in [2.75, 3.05) is 19.7 Å². The van der Waals surface area contributed by atoms with Gasteiger partial charge in [0.05, 0.1) is 6.61 Å². The molecule has 1 atom stereocenters. The molecule has 0 aliphatic carbocycles. The topological polar surface area (TPSA) is 51.1 Å². The van der Waals surface area contributed by atoms with E-state index in [1.807, 2.05) is 0 Å². The number of nitrogens with zero attached hydrogens (tertiary/aromatic N) is 2. The van der Waals surface area contributed by atoms with Crippen LogP contribution in [0, 0.1) is 0 Å². The second kappa shape index (κ2) is 6.21. The minimum atomic E-state index is -0.358. The maximum absolute atomic E-state index is 11.8. The van der Waals surface area contributed by atoms with Crippen LogP contribution in [0.2, 0.25) is 0 Å². The average molecular weight is 261 g/mol. The summed E-state index contributed by atoms with van der Waals surface area (Å²) in [6.07, 6.45) is 4.60. The molecule has 0 aromatic carbocycles. The van der Waals surface area contributed by atoms with Crippen molar-refractivity contribution >= 4 is 22.7 Å². The number of carbonyl (C=O) groups is 1. The van der Waals surface area contributed by atoms with Crippen molar-refractivity contribution < 1.29 is 14.4 Å². The van der Waals surface area contributed by atoms with E-state index in [0.29, 0.717) is 6.61 Å². The molecule has 2 fully saturated rings. The summed E-state index contributed by atoms with van der Waals surface area (Å²) in [6.45, 7) is 2.19. The smallest absolute Gasteiger partial charge is 0.287 e. The van der Waals surface area contributed by atoms with Gasteiger partial charge in [-0.1, -0.05) is 16.8 Å². The molecule has 0 aromatic heterocycles. The molecule has 0 bridgehead atoms. The molecule has 2 aliphatic heterocycles. The maximum Gasteiger partial charge on any atom is 0.287 e. The van der Waals surface area contributed by atoms with Crippen LogP contribution in [0.3, 0.4) is 0 Å². The number of amides is 1. The van der Waals surface area contributed by atoms with Crippen LogP contribution in [0.5, 0.6) is 0 Å². The van der Waals surface area contributed by atoms with Gasteiger partial charge in [-0.05, 0) is 25.7 Å². The van der Waals surface area contributed by atoms with Crippen LogP contribution >= 0.6 is 11.6 Å². The highest BCUT2D eigenvalue weighted by atomic mass is 35.5. The highest BCUT2D eigenvalue weighted by Gasteiger charge is 2.23. The minimum Gasteiger partial charge on any atom is -0.362 e. The molecule has 96 valence electrons. The Bertz CT molecular complexity index is 297. The third-order valence-corrected chi connectivity index (χ3v) is 3.19.